The van der Waals surface area contributed by atoms with Crippen LogP contribution in [0.3, 0.4) is 0 Å². The molecular formula is C24H21N5O3. The molecule has 8 heteroatoms. The zero-order valence-corrected chi connectivity index (χ0v) is 17.6. The number of nitrogens with zero attached hydrogens (tertiary/aromatic N) is 3. The van der Waals surface area contributed by atoms with Gasteiger partial charge in [0.1, 0.15) is 6.04 Å². The molecule has 0 saturated heterocycles. The van der Waals surface area contributed by atoms with Crippen LogP contribution in [-0.4, -0.2) is 25.9 Å². The lowest BCUT2D eigenvalue weighted by molar-refractivity contribution is -0.119. The summed E-state index contributed by atoms with van der Waals surface area (Å²) in [6.45, 7) is 3.62. The number of carbonyl (C=O) groups excluding carboxylic acids is 1. The van der Waals surface area contributed by atoms with E-state index in [2.05, 4.69) is 20.6 Å². The van der Waals surface area contributed by atoms with Crippen molar-refractivity contribution in [3.05, 3.63) is 99.1 Å². The van der Waals surface area contributed by atoms with Crippen molar-refractivity contribution in [1.82, 2.24) is 20.0 Å². The van der Waals surface area contributed by atoms with Gasteiger partial charge in [-0.2, -0.15) is 10.2 Å². The van der Waals surface area contributed by atoms with Gasteiger partial charge in [-0.05, 0) is 38.1 Å². The molecule has 0 bridgehead atoms. The zero-order chi connectivity index (χ0) is 22.7. The van der Waals surface area contributed by atoms with E-state index < -0.39 is 6.04 Å². The van der Waals surface area contributed by atoms with Gasteiger partial charge >= 0.3 is 0 Å². The van der Waals surface area contributed by atoms with Gasteiger partial charge in [0.2, 0.25) is 5.91 Å². The highest BCUT2D eigenvalue weighted by atomic mass is 16.2. The van der Waals surface area contributed by atoms with Crippen LogP contribution in [0.4, 0.5) is 5.69 Å². The summed E-state index contributed by atoms with van der Waals surface area (Å²) in [7, 11) is 0. The summed E-state index contributed by atoms with van der Waals surface area (Å²) in [6, 6.07) is 20.1. The van der Waals surface area contributed by atoms with Crippen LogP contribution in [0.1, 0.15) is 18.5 Å². The Morgan fingerprint density at radius 1 is 0.875 bits per heavy atom. The maximum absolute atomic E-state index is 12.8. The van der Waals surface area contributed by atoms with Crippen LogP contribution in [0.25, 0.3) is 22.5 Å². The number of aryl methyl sites for hydroxylation is 1. The molecule has 2 heterocycles. The summed E-state index contributed by atoms with van der Waals surface area (Å²) >= 11 is 0. The smallest absolute Gasteiger partial charge is 0.267 e. The molecule has 2 N–H and O–H groups in total. The summed E-state index contributed by atoms with van der Waals surface area (Å²) in [5.74, 6) is -0.365. The number of rotatable bonds is 5. The van der Waals surface area contributed by atoms with Crippen LogP contribution in [0.5, 0.6) is 0 Å². The van der Waals surface area contributed by atoms with Crippen molar-refractivity contribution in [2.75, 3.05) is 5.32 Å². The third kappa shape index (κ3) is 4.54. The molecule has 0 spiro atoms. The lowest BCUT2D eigenvalue weighted by atomic mass is 10.1. The fourth-order valence-corrected chi connectivity index (χ4v) is 3.17. The number of benzene rings is 2. The second-order valence-corrected chi connectivity index (χ2v) is 7.42. The Balaban J connectivity index is 1.52. The third-order valence-corrected chi connectivity index (χ3v) is 5.05. The topological polar surface area (TPSA) is 110 Å². The monoisotopic (exact) mass is 427 g/mol. The van der Waals surface area contributed by atoms with Gasteiger partial charge in [-0.25, -0.2) is 9.78 Å². The highest BCUT2D eigenvalue weighted by Gasteiger charge is 2.18. The molecule has 2 aromatic carbocycles. The van der Waals surface area contributed by atoms with Crippen molar-refractivity contribution >= 4 is 11.6 Å². The molecule has 0 saturated carbocycles. The molecule has 1 amide bonds. The van der Waals surface area contributed by atoms with E-state index in [0.717, 1.165) is 16.7 Å². The maximum Gasteiger partial charge on any atom is 0.267 e. The SMILES string of the molecule is Cc1ccc(-c2ccc(=O)n(C(C)C(=O)Nc3ccc(-c4ccc(=O)[nH]n4)cc3)n2)cc1. The average Bonchev–Trinajstić information content (AvgIpc) is 2.80. The molecule has 8 nitrogen and oxygen atoms in total. The van der Waals surface area contributed by atoms with Gasteiger partial charge in [-0.15, -0.1) is 0 Å². The largest absolute Gasteiger partial charge is 0.324 e. The number of nitrogens with one attached hydrogen (secondary N) is 2. The summed E-state index contributed by atoms with van der Waals surface area (Å²) < 4.78 is 1.18. The highest BCUT2D eigenvalue weighted by molar-refractivity contribution is 5.93. The molecule has 2 aromatic heterocycles. The van der Waals surface area contributed by atoms with E-state index in [1.54, 1.807) is 43.3 Å². The maximum atomic E-state index is 12.8. The average molecular weight is 427 g/mol. The van der Waals surface area contributed by atoms with E-state index in [4.69, 9.17) is 0 Å². The van der Waals surface area contributed by atoms with E-state index >= 15 is 0 Å². The normalized spacial score (nSPS) is 11.7. The highest BCUT2D eigenvalue weighted by Crippen LogP contribution is 2.20. The second-order valence-electron chi connectivity index (χ2n) is 7.42. The van der Waals surface area contributed by atoms with Gasteiger partial charge in [0.05, 0.1) is 11.4 Å². The Labute approximate surface area is 183 Å². The first-order chi connectivity index (χ1) is 15.4. The van der Waals surface area contributed by atoms with Gasteiger partial charge in [-0.3, -0.25) is 14.4 Å². The standard InChI is InChI=1S/C24H21N5O3/c1-15-3-5-18(6-4-15)21-12-14-23(31)29(28-21)16(2)24(32)25-19-9-7-17(8-10-19)20-11-13-22(30)27-26-20/h3-14,16H,1-2H3,(H,25,32)(H,27,30). The Kier molecular flexibility index (Phi) is 5.76. The van der Waals surface area contributed by atoms with Crippen molar-refractivity contribution < 1.29 is 4.79 Å². The molecular weight excluding hydrogens is 406 g/mol. The van der Waals surface area contributed by atoms with E-state index in [1.165, 1.54) is 16.8 Å². The number of hydrogen-bond acceptors (Lipinski definition) is 5. The van der Waals surface area contributed by atoms with Gasteiger partial charge < -0.3 is 5.32 Å². The molecule has 0 radical (unpaired) electrons. The molecule has 0 aliphatic heterocycles. The molecule has 32 heavy (non-hydrogen) atoms. The second kappa shape index (κ2) is 8.81. The Hall–Kier alpha value is -4.33. The van der Waals surface area contributed by atoms with Gasteiger partial charge in [0, 0.05) is 28.9 Å². The lowest BCUT2D eigenvalue weighted by Gasteiger charge is -2.15. The van der Waals surface area contributed by atoms with E-state index in [1.807, 2.05) is 31.2 Å². The van der Waals surface area contributed by atoms with Crippen molar-refractivity contribution in [2.45, 2.75) is 19.9 Å². The molecule has 1 atom stereocenters. The fraction of sp³-hybridized carbons (Fsp3) is 0.125. The predicted molar refractivity (Wildman–Crippen MR) is 122 cm³/mol. The molecule has 4 rings (SSSR count). The van der Waals surface area contributed by atoms with Crippen LogP contribution in [-0.2, 0) is 4.79 Å². The Morgan fingerprint density at radius 3 is 2.16 bits per heavy atom. The van der Waals surface area contributed by atoms with Crippen LogP contribution in [0.2, 0.25) is 0 Å². The minimum atomic E-state index is -0.812. The van der Waals surface area contributed by atoms with Crippen LogP contribution in [0.15, 0.2) is 82.4 Å². The van der Waals surface area contributed by atoms with Gasteiger partial charge in [-0.1, -0.05) is 42.0 Å². The first-order valence-corrected chi connectivity index (χ1v) is 10.0. The third-order valence-electron chi connectivity index (χ3n) is 5.05. The number of amides is 1. The fourth-order valence-electron chi connectivity index (χ4n) is 3.17. The summed E-state index contributed by atoms with van der Waals surface area (Å²) in [5.41, 5.74) is 3.93. The summed E-state index contributed by atoms with van der Waals surface area (Å²) in [4.78, 5) is 36.3. The number of aromatic nitrogens is 4. The van der Waals surface area contributed by atoms with Crippen molar-refractivity contribution in [3.8, 4) is 22.5 Å². The van der Waals surface area contributed by atoms with Gasteiger partial charge in [0.15, 0.2) is 0 Å². The quantitative estimate of drug-likeness (QED) is 0.508. The van der Waals surface area contributed by atoms with Gasteiger partial charge in [0.25, 0.3) is 11.1 Å². The molecule has 4 aromatic rings. The first kappa shape index (κ1) is 20.9. The van der Waals surface area contributed by atoms with Crippen LogP contribution < -0.4 is 16.4 Å². The number of anilines is 1. The Morgan fingerprint density at radius 2 is 1.50 bits per heavy atom. The predicted octanol–water partition coefficient (Wildman–Crippen LogP) is 3.17. The van der Waals surface area contributed by atoms with Crippen molar-refractivity contribution in [2.24, 2.45) is 0 Å². The van der Waals surface area contributed by atoms with E-state index in [0.29, 0.717) is 17.1 Å². The molecule has 0 fully saturated rings. The number of aromatic amines is 1. The molecule has 0 aliphatic carbocycles. The van der Waals surface area contributed by atoms with E-state index in [-0.39, 0.29) is 17.0 Å². The number of hydrogen-bond donors (Lipinski definition) is 2. The Bertz CT molecular complexity index is 1350. The molecule has 0 aliphatic rings. The minimum absolute atomic E-state index is 0.276. The number of H-pyrrole nitrogens is 1. The lowest BCUT2D eigenvalue weighted by Crippen LogP contribution is -2.33. The first-order valence-electron chi connectivity index (χ1n) is 10.0. The van der Waals surface area contributed by atoms with Crippen LogP contribution >= 0.6 is 0 Å². The van der Waals surface area contributed by atoms with E-state index in [9.17, 15) is 14.4 Å². The molecule has 160 valence electrons. The van der Waals surface area contributed by atoms with Crippen molar-refractivity contribution in [3.63, 3.8) is 0 Å². The summed E-state index contributed by atoms with van der Waals surface area (Å²) in [5, 5.41) is 13.6. The van der Waals surface area contributed by atoms with Crippen molar-refractivity contribution in [1.29, 1.82) is 0 Å². The minimum Gasteiger partial charge on any atom is -0.324 e. The molecule has 1 unspecified atom stereocenters. The summed E-state index contributed by atoms with van der Waals surface area (Å²) in [6.07, 6.45) is 0. The number of carbonyl (C=O) groups is 1. The zero-order valence-electron chi connectivity index (χ0n) is 17.6. The van der Waals surface area contributed by atoms with Crippen LogP contribution in [0, 0.1) is 6.92 Å².